The fraction of sp³-hybridized carbons (Fsp3) is 0.733. The number of nitrogens with one attached hydrogen (secondary N) is 1. The number of ether oxygens (including phenoxy) is 1. The molecule has 0 spiro atoms. The van der Waals surface area contributed by atoms with Crippen molar-refractivity contribution in [1.29, 1.82) is 0 Å². The molecule has 4 nitrogen and oxygen atoms in total. The SMILES string of the molecule is CCCC(OCC)c1ncc(C(C)NCC)c(C)n1. The van der Waals surface area contributed by atoms with Crippen molar-refractivity contribution in [3.8, 4) is 0 Å². The first-order chi connectivity index (χ1) is 9.13. The van der Waals surface area contributed by atoms with Crippen LogP contribution in [0.5, 0.6) is 0 Å². The van der Waals surface area contributed by atoms with Crippen molar-refractivity contribution in [2.75, 3.05) is 13.2 Å². The minimum absolute atomic E-state index is 0.0252. The van der Waals surface area contributed by atoms with Crippen molar-refractivity contribution in [3.63, 3.8) is 0 Å². The Morgan fingerprint density at radius 1 is 1.32 bits per heavy atom. The number of hydrogen-bond acceptors (Lipinski definition) is 4. The molecule has 2 atom stereocenters. The van der Waals surface area contributed by atoms with Crippen LogP contribution >= 0.6 is 0 Å². The third-order valence-corrected chi connectivity index (χ3v) is 3.22. The Kier molecular flexibility index (Phi) is 6.95. The largest absolute Gasteiger partial charge is 0.371 e. The lowest BCUT2D eigenvalue weighted by atomic mass is 10.1. The lowest BCUT2D eigenvalue weighted by Crippen LogP contribution is -2.20. The molecule has 0 aliphatic heterocycles. The maximum Gasteiger partial charge on any atom is 0.157 e. The molecule has 0 radical (unpaired) electrons. The normalized spacial score (nSPS) is 14.4. The Morgan fingerprint density at radius 3 is 2.58 bits per heavy atom. The quantitative estimate of drug-likeness (QED) is 0.783. The second-order valence-electron chi connectivity index (χ2n) is 4.78. The Labute approximate surface area is 117 Å². The molecular weight excluding hydrogens is 238 g/mol. The van der Waals surface area contributed by atoms with Crippen LogP contribution < -0.4 is 5.32 Å². The van der Waals surface area contributed by atoms with Crippen LogP contribution in [0, 0.1) is 6.92 Å². The van der Waals surface area contributed by atoms with E-state index in [-0.39, 0.29) is 12.1 Å². The van der Waals surface area contributed by atoms with Crippen molar-refractivity contribution in [2.45, 2.75) is 59.6 Å². The summed E-state index contributed by atoms with van der Waals surface area (Å²) in [5.41, 5.74) is 2.21. The molecule has 0 saturated carbocycles. The molecule has 0 saturated heterocycles. The molecule has 108 valence electrons. The summed E-state index contributed by atoms with van der Waals surface area (Å²) >= 11 is 0. The smallest absolute Gasteiger partial charge is 0.157 e. The molecule has 2 unspecified atom stereocenters. The van der Waals surface area contributed by atoms with E-state index < -0.39 is 0 Å². The van der Waals surface area contributed by atoms with Crippen molar-refractivity contribution in [1.82, 2.24) is 15.3 Å². The van der Waals surface area contributed by atoms with Crippen LogP contribution in [0.4, 0.5) is 0 Å². The van der Waals surface area contributed by atoms with E-state index in [2.05, 4.69) is 36.1 Å². The fourth-order valence-corrected chi connectivity index (χ4v) is 2.24. The van der Waals surface area contributed by atoms with Crippen LogP contribution in [0.15, 0.2) is 6.20 Å². The Hall–Kier alpha value is -1.00. The highest BCUT2D eigenvalue weighted by Crippen LogP contribution is 2.22. The van der Waals surface area contributed by atoms with E-state index in [1.807, 2.05) is 20.0 Å². The summed E-state index contributed by atoms with van der Waals surface area (Å²) in [5.74, 6) is 0.814. The number of rotatable bonds is 8. The van der Waals surface area contributed by atoms with Crippen LogP contribution in [0.25, 0.3) is 0 Å². The number of aromatic nitrogens is 2. The van der Waals surface area contributed by atoms with Gasteiger partial charge in [-0.05, 0) is 33.7 Å². The van der Waals surface area contributed by atoms with Crippen LogP contribution in [0.3, 0.4) is 0 Å². The zero-order valence-corrected chi connectivity index (χ0v) is 12.9. The summed E-state index contributed by atoms with van der Waals surface area (Å²) in [6.45, 7) is 12.1. The molecule has 19 heavy (non-hydrogen) atoms. The van der Waals surface area contributed by atoms with Crippen molar-refractivity contribution >= 4 is 0 Å². The van der Waals surface area contributed by atoms with Gasteiger partial charge in [0.25, 0.3) is 0 Å². The summed E-state index contributed by atoms with van der Waals surface area (Å²) < 4.78 is 5.73. The van der Waals surface area contributed by atoms with E-state index in [1.54, 1.807) is 0 Å². The van der Waals surface area contributed by atoms with E-state index in [0.29, 0.717) is 6.61 Å². The molecule has 0 aliphatic rings. The summed E-state index contributed by atoms with van der Waals surface area (Å²) in [6.07, 6.45) is 4.00. The van der Waals surface area contributed by atoms with Gasteiger partial charge >= 0.3 is 0 Å². The third-order valence-electron chi connectivity index (χ3n) is 3.22. The lowest BCUT2D eigenvalue weighted by molar-refractivity contribution is 0.0492. The van der Waals surface area contributed by atoms with E-state index in [1.165, 1.54) is 0 Å². The predicted octanol–water partition coefficient (Wildman–Crippen LogP) is 3.33. The van der Waals surface area contributed by atoms with Gasteiger partial charge in [-0.15, -0.1) is 0 Å². The average molecular weight is 265 g/mol. The number of hydrogen-bond donors (Lipinski definition) is 1. The molecule has 4 heteroatoms. The van der Waals surface area contributed by atoms with Crippen molar-refractivity contribution in [3.05, 3.63) is 23.3 Å². The predicted molar refractivity (Wildman–Crippen MR) is 78.1 cm³/mol. The van der Waals surface area contributed by atoms with Gasteiger partial charge in [-0.1, -0.05) is 20.3 Å². The van der Waals surface area contributed by atoms with Gasteiger partial charge in [-0.2, -0.15) is 0 Å². The number of nitrogens with zero attached hydrogens (tertiary/aromatic N) is 2. The molecule has 1 heterocycles. The maximum atomic E-state index is 5.73. The van der Waals surface area contributed by atoms with E-state index in [0.717, 1.165) is 36.5 Å². The zero-order chi connectivity index (χ0) is 14.3. The standard InChI is InChI=1S/C15H27N3O/c1-6-9-14(19-8-3)15-17-10-13(12(5)18-15)11(4)16-7-2/h10-11,14,16H,6-9H2,1-5H3. The molecule has 0 fully saturated rings. The molecule has 0 aliphatic carbocycles. The first kappa shape index (κ1) is 16.1. The summed E-state index contributed by atoms with van der Waals surface area (Å²) in [4.78, 5) is 9.14. The molecule has 0 amide bonds. The average Bonchev–Trinajstić information content (AvgIpc) is 2.38. The van der Waals surface area contributed by atoms with E-state index in [4.69, 9.17) is 4.74 Å². The Morgan fingerprint density at radius 2 is 2.05 bits per heavy atom. The van der Waals surface area contributed by atoms with Gasteiger partial charge in [0.2, 0.25) is 0 Å². The summed E-state index contributed by atoms with van der Waals surface area (Å²) in [6, 6.07) is 0.288. The molecule has 1 aromatic rings. The third kappa shape index (κ3) is 4.55. The first-order valence-electron chi connectivity index (χ1n) is 7.32. The monoisotopic (exact) mass is 265 g/mol. The highest BCUT2D eigenvalue weighted by atomic mass is 16.5. The van der Waals surface area contributed by atoms with Crippen LogP contribution in [-0.4, -0.2) is 23.1 Å². The van der Waals surface area contributed by atoms with Gasteiger partial charge in [0.05, 0.1) is 0 Å². The molecule has 0 bridgehead atoms. The topological polar surface area (TPSA) is 47.0 Å². The van der Waals surface area contributed by atoms with Crippen LogP contribution in [0.1, 0.15) is 69.8 Å². The van der Waals surface area contributed by atoms with Crippen molar-refractivity contribution < 1.29 is 4.74 Å². The molecule has 1 N–H and O–H groups in total. The number of aryl methyl sites for hydroxylation is 1. The van der Waals surface area contributed by atoms with E-state index >= 15 is 0 Å². The molecule has 0 aromatic carbocycles. The fourth-order valence-electron chi connectivity index (χ4n) is 2.24. The highest BCUT2D eigenvalue weighted by Gasteiger charge is 2.16. The van der Waals surface area contributed by atoms with Gasteiger partial charge in [0.1, 0.15) is 6.10 Å². The molecule has 1 aromatic heterocycles. The summed E-state index contributed by atoms with van der Waals surface area (Å²) in [7, 11) is 0. The lowest BCUT2D eigenvalue weighted by Gasteiger charge is -2.18. The second-order valence-corrected chi connectivity index (χ2v) is 4.78. The first-order valence-corrected chi connectivity index (χ1v) is 7.32. The van der Waals surface area contributed by atoms with Crippen molar-refractivity contribution in [2.24, 2.45) is 0 Å². The Bertz CT molecular complexity index is 376. The Balaban J connectivity index is 2.90. The van der Waals surface area contributed by atoms with Gasteiger partial charge < -0.3 is 10.1 Å². The van der Waals surface area contributed by atoms with Gasteiger partial charge in [-0.25, -0.2) is 9.97 Å². The minimum Gasteiger partial charge on any atom is -0.371 e. The van der Waals surface area contributed by atoms with Gasteiger partial charge in [0, 0.05) is 30.1 Å². The molecule has 1 rings (SSSR count). The maximum absolute atomic E-state index is 5.73. The van der Waals surface area contributed by atoms with E-state index in [9.17, 15) is 0 Å². The second kappa shape index (κ2) is 8.23. The van der Waals surface area contributed by atoms with Gasteiger partial charge in [0.15, 0.2) is 5.82 Å². The van der Waals surface area contributed by atoms with Gasteiger partial charge in [-0.3, -0.25) is 0 Å². The molecular formula is C15H27N3O. The summed E-state index contributed by atoms with van der Waals surface area (Å²) in [5, 5.41) is 3.39. The van der Waals surface area contributed by atoms with Crippen LogP contribution in [0.2, 0.25) is 0 Å². The van der Waals surface area contributed by atoms with Crippen LogP contribution in [-0.2, 0) is 4.74 Å². The highest BCUT2D eigenvalue weighted by molar-refractivity contribution is 5.20. The zero-order valence-electron chi connectivity index (χ0n) is 12.9. The minimum atomic E-state index is 0.0252.